The molecular weight excluding hydrogens is 857 g/mol. The van der Waals surface area contributed by atoms with Crippen molar-refractivity contribution in [3.05, 3.63) is 66.3 Å². The van der Waals surface area contributed by atoms with Crippen LogP contribution in [-0.4, -0.2) is 90.7 Å². The fourth-order valence-corrected chi connectivity index (χ4v) is 8.84. The van der Waals surface area contributed by atoms with Crippen LogP contribution in [0.15, 0.2) is 60.7 Å². The first-order valence-corrected chi connectivity index (χ1v) is 24.5. The van der Waals surface area contributed by atoms with Crippen molar-refractivity contribution in [3.8, 4) is 5.75 Å². The molecule has 0 spiro atoms. The summed E-state index contributed by atoms with van der Waals surface area (Å²) in [5.74, 6) is -3.33. The van der Waals surface area contributed by atoms with Crippen LogP contribution in [0.25, 0.3) is 0 Å². The maximum absolute atomic E-state index is 14.6. The molecule has 380 valence electrons. The monoisotopic (exact) mass is 943 g/mol. The molecule has 1 aliphatic heterocycles. The van der Waals surface area contributed by atoms with E-state index in [0.717, 1.165) is 42.4 Å². The predicted molar refractivity (Wildman–Crippen MR) is 260 cm³/mol. The highest BCUT2D eigenvalue weighted by molar-refractivity contribution is 5.73. The maximum atomic E-state index is 14.6. The van der Waals surface area contributed by atoms with E-state index in [1.165, 1.54) is 20.8 Å². The van der Waals surface area contributed by atoms with Crippen LogP contribution in [0, 0.1) is 17.8 Å². The van der Waals surface area contributed by atoms with E-state index < -0.39 is 72.2 Å². The number of carbonyl (C=O) groups excluding carboxylic acids is 4. The van der Waals surface area contributed by atoms with Crippen molar-refractivity contribution in [1.29, 1.82) is 0 Å². The molecule has 1 heterocycles. The molecule has 0 amide bonds. The lowest BCUT2D eigenvalue weighted by molar-refractivity contribution is -0.311. The van der Waals surface area contributed by atoms with Gasteiger partial charge >= 0.3 is 23.9 Å². The van der Waals surface area contributed by atoms with Gasteiger partial charge in [-0.15, -0.1) is 13.2 Å². The summed E-state index contributed by atoms with van der Waals surface area (Å²) in [7, 11) is 1.60. The van der Waals surface area contributed by atoms with Crippen LogP contribution in [0.2, 0.25) is 0 Å². The molecular formula is C54H86O13. The van der Waals surface area contributed by atoms with Crippen molar-refractivity contribution in [2.24, 2.45) is 17.8 Å². The van der Waals surface area contributed by atoms with E-state index in [-0.39, 0.29) is 43.5 Å². The number of hydrogen-bond donors (Lipinski definition) is 1. The van der Waals surface area contributed by atoms with E-state index in [9.17, 15) is 24.3 Å². The van der Waals surface area contributed by atoms with Crippen molar-refractivity contribution < 1.29 is 62.2 Å². The number of methoxy groups -OCH3 is 1. The Bertz CT molecular complexity index is 1700. The van der Waals surface area contributed by atoms with Gasteiger partial charge in [0.05, 0.1) is 44.1 Å². The van der Waals surface area contributed by atoms with Crippen LogP contribution in [0.4, 0.5) is 0 Å². The number of aliphatic hydroxyl groups excluding tert-OH is 1. The minimum atomic E-state index is -0.847. The quantitative estimate of drug-likeness (QED) is 0.0315. The van der Waals surface area contributed by atoms with E-state index in [1.807, 2.05) is 91.8 Å². The van der Waals surface area contributed by atoms with Crippen molar-refractivity contribution in [3.63, 3.8) is 0 Å². The second-order valence-electron chi connectivity index (χ2n) is 19.3. The SMILES string of the molecule is C=CCCC[C@@H]1C[C@@H]([C@H](C)[C@@H](/C=C(\C)C[C@H](O)CCC)OC(=O)[C@@H](C)[C@@H](OCc2ccc(OC)cc2)[C@H](C)CC[C@@H](C[C@H](C[C@H](CCC(=C)C)OC(C)=O)OC(C)=O)OC(C)=O)OC(C)(C)O1. The number of allylic oxidation sites excluding steroid dienone is 2. The van der Waals surface area contributed by atoms with E-state index in [2.05, 4.69) is 13.2 Å². The molecule has 2 rings (SSSR count). The summed E-state index contributed by atoms with van der Waals surface area (Å²) < 4.78 is 48.6. The van der Waals surface area contributed by atoms with Gasteiger partial charge in [0.2, 0.25) is 0 Å². The number of carbonyl (C=O) groups is 4. The van der Waals surface area contributed by atoms with Gasteiger partial charge in [-0.25, -0.2) is 0 Å². The molecule has 1 aromatic carbocycles. The third-order valence-electron chi connectivity index (χ3n) is 12.2. The highest BCUT2D eigenvalue weighted by atomic mass is 16.7. The Morgan fingerprint density at radius 1 is 0.851 bits per heavy atom. The molecule has 1 fully saturated rings. The Labute approximate surface area is 402 Å². The molecule has 0 bridgehead atoms. The first-order chi connectivity index (χ1) is 31.6. The largest absolute Gasteiger partial charge is 0.497 e. The summed E-state index contributed by atoms with van der Waals surface area (Å²) in [6, 6.07) is 7.52. The average molecular weight is 943 g/mol. The third-order valence-corrected chi connectivity index (χ3v) is 12.2. The van der Waals surface area contributed by atoms with Crippen molar-refractivity contribution in [1.82, 2.24) is 0 Å². The van der Waals surface area contributed by atoms with Crippen LogP contribution < -0.4 is 4.74 Å². The highest BCUT2D eigenvalue weighted by Gasteiger charge is 2.41. The molecule has 0 saturated carbocycles. The molecule has 1 saturated heterocycles. The third kappa shape index (κ3) is 23.7. The van der Waals surface area contributed by atoms with Gasteiger partial charge in [-0.05, 0) is 122 Å². The summed E-state index contributed by atoms with van der Waals surface area (Å²) >= 11 is 0. The summed E-state index contributed by atoms with van der Waals surface area (Å²) in [6.07, 6.45) is 7.31. The van der Waals surface area contributed by atoms with Crippen molar-refractivity contribution in [2.45, 2.75) is 221 Å². The zero-order valence-electron chi connectivity index (χ0n) is 43.0. The van der Waals surface area contributed by atoms with Crippen LogP contribution in [0.3, 0.4) is 0 Å². The van der Waals surface area contributed by atoms with Crippen LogP contribution in [-0.2, 0) is 58.9 Å². The number of aliphatic hydroxyl groups is 1. The van der Waals surface area contributed by atoms with Crippen LogP contribution >= 0.6 is 0 Å². The van der Waals surface area contributed by atoms with Gasteiger partial charge < -0.3 is 43.0 Å². The summed E-state index contributed by atoms with van der Waals surface area (Å²) in [4.78, 5) is 51.5. The highest BCUT2D eigenvalue weighted by Crippen LogP contribution is 2.36. The Balaban J connectivity index is 2.49. The molecule has 0 unspecified atom stereocenters. The van der Waals surface area contributed by atoms with Crippen molar-refractivity contribution in [2.75, 3.05) is 7.11 Å². The number of ether oxygens (including phenoxy) is 8. The lowest BCUT2D eigenvalue weighted by atomic mass is 9.87. The number of esters is 4. The molecule has 11 atom stereocenters. The second-order valence-corrected chi connectivity index (χ2v) is 19.3. The molecule has 13 heteroatoms. The van der Waals surface area contributed by atoms with E-state index in [4.69, 9.17) is 37.9 Å². The minimum Gasteiger partial charge on any atom is -0.497 e. The van der Waals surface area contributed by atoms with Gasteiger partial charge in [-0.1, -0.05) is 56.5 Å². The molecule has 0 aliphatic carbocycles. The summed E-state index contributed by atoms with van der Waals surface area (Å²) in [5, 5.41) is 10.8. The normalized spacial score (nSPS) is 20.1. The number of unbranched alkanes of at least 4 members (excludes halogenated alkanes) is 1. The molecule has 1 N–H and O–H groups in total. The fourth-order valence-electron chi connectivity index (χ4n) is 8.84. The number of benzene rings is 1. The van der Waals surface area contributed by atoms with Crippen LogP contribution in [0.5, 0.6) is 5.75 Å². The van der Waals surface area contributed by atoms with E-state index in [1.54, 1.807) is 7.11 Å². The predicted octanol–water partition coefficient (Wildman–Crippen LogP) is 10.9. The van der Waals surface area contributed by atoms with Gasteiger partial charge in [0.1, 0.15) is 30.2 Å². The van der Waals surface area contributed by atoms with Gasteiger partial charge in [0.15, 0.2) is 5.79 Å². The molecule has 67 heavy (non-hydrogen) atoms. The molecule has 1 aliphatic rings. The lowest BCUT2D eigenvalue weighted by Gasteiger charge is -2.44. The van der Waals surface area contributed by atoms with Crippen LogP contribution in [0.1, 0.15) is 165 Å². The first-order valence-electron chi connectivity index (χ1n) is 24.5. The van der Waals surface area contributed by atoms with E-state index >= 15 is 0 Å². The average Bonchev–Trinajstić information content (AvgIpc) is 3.23. The number of rotatable bonds is 32. The topological polar surface area (TPSA) is 162 Å². The standard InChI is InChI=1S/C54H86O13/c1-15-17-18-20-48-33-51(67-54(12,13)66-48)38(7)50(30-36(5)29-44(58)19-16-2)65-53(59)39(8)52(61-34-43-23-27-45(60-14)28-24-43)37(6)22-26-47(63-41(10)56)32-49(64-42(11)57)31-46(62-40(9)55)25-21-35(3)4/h15,23-24,27-28,30,37-39,44,46-52,58H,1,3,16-22,25-26,29,31-34H2,2,4-14H3/b36-30+/t37-,38-,39+,44-,46+,47+,48-,49+,50-,51+,52+/m1/s1. The first kappa shape index (κ1) is 59.1. The van der Waals surface area contributed by atoms with Gasteiger partial charge in [0.25, 0.3) is 0 Å². The number of hydrogen-bond acceptors (Lipinski definition) is 13. The fraction of sp³-hybridized carbons (Fsp3) is 0.704. The molecule has 0 radical (unpaired) electrons. The lowest BCUT2D eigenvalue weighted by Crippen LogP contribution is -2.49. The molecule has 1 aromatic rings. The van der Waals surface area contributed by atoms with Crippen molar-refractivity contribution >= 4 is 23.9 Å². The summed E-state index contributed by atoms with van der Waals surface area (Å²) in [5.41, 5.74) is 2.72. The Hall–Kier alpha value is -4.04. The molecule has 13 nitrogen and oxygen atoms in total. The Morgan fingerprint density at radius 2 is 1.45 bits per heavy atom. The van der Waals surface area contributed by atoms with Gasteiger partial charge in [-0.3, -0.25) is 19.2 Å². The smallest absolute Gasteiger partial charge is 0.311 e. The summed E-state index contributed by atoms with van der Waals surface area (Å²) in [6.45, 7) is 27.6. The van der Waals surface area contributed by atoms with E-state index in [0.29, 0.717) is 50.7 Å². The maximum Gasteiger partial charge on any atom is 0.311 e. The zero-order valence-corrected chi connectivity index (χ0v) is 43.0. The minimum absolute atomic E-state index is 0.0450. The Morgan fingerprint density at radius 3 is 2.00 bits per heavy atom. The van der Waals surface area contributed by atoms with Gasteiger partial charge in [0, 0.05) is 46.0 Å². The Kier molecular flexibility index (Phi) is 26.9. The molecule has 0 aromatic heterocycles. The zero-order chi connectivity index (χ0) is 50.3. The second kappa shape index (κ2) is 30.4. The van der Waals surface area contributed by atoms with Gasteiger partial charge in [-0.2, -0.15) is 0 Å².